The van der Waals surface area contributed by atoms with Crippen LogP contribution in [0.4, 0.5) is 0 Å². The van der Waals surface area contributed by atoms with Gasteiger partial charge in [0, 0.05) is 65.4 Å². The summed E-state index contributed by atoms with van der Waals surface area (Å²) in [6.07, 6.45) is 0. The van der Waals surface area contributed by atoms with Gasteiger partial charge in [-0.1, -0.05) is 14.9 Å². The first-order valence-electron chi connectivity index (χ1n) is 0. The minimum absolute atomic E-state index is 0. The van der Waals surface area contributed by atoms with Gasteiger partial charge in [0.15, 0.2) is 0 Å². The zero-order valence-corrected chi connectivity index (χ0v) is 9.83. The largest absolute Gasteiger partial charge is 0.358 e. The molecule has 0 bridgehead atoms. The molecule has 0 aliphatic heterocycles. The second kappa shape index (κ2) is 87.5. The molecule has 46 valence electrons. The van der Waals surface area contributed by atoms with Gasteiger partial charge in [-0.2, -0.15) is 0 Å². The predicted molar refractivity (Wildman–Crippen MR) is 32.7 cm³/mol. The Morgan fingerprint density at radius 2 is 0.429 bits per heavy atom. The van der Waals surface area contributed by atoms with E-state index < -0.39 is 0 Å². The van der Waals surface area contributed by atoms with Crippen LogP contribution in [0.3, 0.4) is 0 Å². The van der Waals surface area contributed by atoms with Crippen LogP contribution in [0.25, 0.3) is 0 Å². The minimum atomic E-state index is 0. The monoisotopic (exact) mass is 255 g/mol. The van der Waals surface area contributed by atoms with Crippen molar-refractivity contribution in [3.05, 3.63) is 22.3 Å². The molecule has 0 heterocycles. The average Bonchev–Trinajstić information content (AvgIpc) is 0. The van der Waals surface area contributed by atoms with Gasteiger partial charge in [-0.3, -0.25) is 0 Å². The maximum Gasteiger partial charge on any atom is 0 e. The van der Waals surface area contributed by atoms with Gasteiger partial charge >= 0.3 is 0 Å². The fraction of sp³-hybridized carbons (Fsp3) is 0.400. The fourth-order valence-electron chi connectivity index (χ4n) is 0. The third-order valence-corrected chi connectivity index (χ3v) is 0. The molecule has 0 unspecified atom stereocenters. The van der Waals surface area contributed by atoms with E-state index in [1.165, 1.54) is 0 Å². The fourth-order valence-corrected chi connectivity index (χ4v) is 0. The molecule has 0 fully saturated rings. The van der Waals surface area contributed by atoms with E-state index in [4.69, 9.17) is 0 Å². The Labute approximate surface area is 101 Å². The zero-order chi connectivity index (χ0) is 0. The summed E-state index contributed by atoms with van der Waals surface area (Å²) in [4.78, 5) is 0. The van der Waals surface area contributed by atoms with Crippen molar-refractivity contribution in [3.8, 4) is 0 Å². The van der Waals surface area contributed by atoms with Gasteiger partial charge in [0.1, 0.15) is 0 Å². The first-order valence-corrected chi connectivity index (χ1v) is 0. The molecule has 0 aromatic rings. The maximum atomic E-state index is 0. The molecule has 0 spiro atoms. The molecule has 0 N–H and O–H groups in total. The van der Waals surface area contributed by atoms with Crippen molar-refractivity contribution in [2.24, 2.45) is 0 Å². The molecule has 0 saturated carbocycles. The van der Waals surface area contributed by atoms with Crippen LogP contribution < -0.4 is 0 Å². The summed E-state index contributed by atoms with van der Waals surface area (Å²) >= 11 is 0. The van der Waals surface area contributed by atoms with Crippen molar-refractivity contribution in [2.45, 2.75) is 14.9 Å². The van der Waals surface area contributed by atoms with Gasteiger partial charge in [-0.25, -0.2) is 0 Å². The molecule has 0 atom stereocenters. The minimum Gasteiger partial charge on any atom is -0.358 e. The standard InChI is InChI=1S/2CH4.3CH3.2Y/h2*1H4;3*1H3;;/q;;3*-1;;. The van der Waals surface area contributed by atoms with Crippen molar-refractivity contribution in [2.75, 3.05) is 0 Å². The van der Waals surface area contributed by atoms with Crippen LogP contribution in [0.1, 0.15) is 14.9 Å². The summed E-state index contributed by atoms with van der Waals surface area (Å²) in [5, 5.41) is 0. The van der Waals surface area contributed by atoms with Crippen molar-refractivity contribution >= 4 is 0 Å². The van der Waals surface area contributed by atoms with E-state index in [0.717, 1.165) is 0 Å². The molecule has 0 aromatic carbocycles. The normalized spacial score (nSPS) is 0. The zero-order valence-electron chi connectivity index (χ0n) is 4.15. The molecular weight excluding hydrogens is 238 g/mol. The second-order valence-corrected chi connectivity index (χ2v) is 0. The first kappa shape index (κ1) is 127. The van der Waals surface area contributed by atoms with Crippen LogP contribution in [0.15, 0.2) is 0 Å². The van der Waals surface area contributed by atoms with Crippen LogP contribution >= 0.6 is 0 Å². The summed E-state index contributed by atoms with van der Waals surface area (Å²) < 4.78 is 0. The van der Waals surface area contributed by atoms with Crippen molar-refractivity contribution in [3.63, 3.8) is 0 Å². The Morgan fingerprint density at radius 3 is 0.429 bits per heavy atom. The van der Waals surface area contributed by atoms with Gasteiger partial charge in [0.2, 0.25) is 0 Å². The van der Waals surface area contributed by atoms with E-state index in [-0.39, 0.29) is 103 Å². The number of hydrogen-bond acceptors (Lipinski definition) is 0. The summed E-state index contributed by atoms with van der Waals surface area (Å²) in [6.45, 7) is 0. The van der Waals surface area contributed by atoms with E-state index >= 15 is 0 Å². The van der Waals surface area contributed by atoms with E-state index in [1.54, 1.807) is 0 Å². The molecule has 0 aliphatic carbocycles. The van der Waals surface area contributed by atoms with Gasteiger partial charge in [-0.05, 0) is 0 Å². The molecule has 0 saturated heterocycles. The Hall–Kier alpha value is 2.21. The summed E-state index contributed by atoms with van der Waals surface area (Å²) in [5.74, 6) is 0. The van der Waals surface area contributed by atoms with E-state index in [9.17, 15) is 0 Å². The summed E-state index contributed by atoms with van der Waals surface area (Å²) in [6, 6.07) is 0. The average molecular weight is 255 g/mol. The van der Waals surface area contributed by atoms with Crippen LogP contribution in [0.5, 0.6) is 0 Å². The molecule has 7 heavy (non-hydrogen) atoms. The Kier molecular flexibility index (Phi) is 1590. The van der Waals surface area contributed by atoms with Crippen LogP contribution in [0.2, 0.25) is 0 Å². The van der Waals surface area contributed by atoms with Crippen molar-refractivity contribution in [1.82, 2.24) is 0 Å². The third-order valence-electron chi connectivity index (χ3n) is 0. The van der Waals surface area contributed by atoms with Crippen molar-refractivity contribution in [1.29, 1.82) is 0 Å². The van der Waals surface area contributed by atoms with Gasteiger partial charge in [0.25, 0.3) is 0 Å². The molecule has 0 rings (SSSR count). The van der Waals surface area contributed by atoms with E-state index in [2.05, 4.69) is 0 Å². The molecule has 0 aliphatic rings. The van der Waals surface area contributed by atoms with Gasteiger partial charge in [-0.15, -0.1) is 0 Å². The number of rotatable bonds is 0. The smallest absolute Gasteiger partial charge is 0 e. The van der Waals surface area contributed by atoms with Crippen LogP contribution in [0, 0.1) is 22.3 Å². The van der Waals surface area contributed by atoms with Gasteiger partial charge in [0.05, 0.1) is 0 Å². The maximum absolute atomic E-state index is 0. The molecule has 0 amide bonds. The molecular formula is C5H17Y2-3. The third kappa shape index (κ3) is 64.9. The Balaban J connectivity index is 0. The Morgan fingerprint density at radius 1 is 0.429 bits per heavy atom. The first-order chi connectivity index (χ1) is 0. The van der Waals surface area contributed by atoms with Crippen LogP contribution in [-0.2, 0) is 65.4 Å². The van der Waals surface area contributed by atoms with E-state index in [1.807, 2.05) is 0 Å². The molecule has 0 nitrogen and oxygen atoms in total. The summed E-state index contributed by atoms with van der Waals surface area (Å²) in [5.41, 5.74) is 0. The number of hydrogen-bond donors (Lipinski definition) is 0. The topological polar surface area (TPSA) is 0 Å². The molecule has 2 heteroatoms. The van der Waals surface area contributed by atoms with Crippen molar-refractivity contribution < 1.29 is 65.4 Å². The van der Waals surface area contributed by atoms with Gasteiger partial charge < -0.3 is 22.3 Å². The summed E-state index contributed by atoms with van der Waals surface area (Å²) in [7, 11) is 0. The van der Waals surface area contributed by atoms with Crippen LogP contribution in [-0.4, -0.2) is 0 Å². The molecule has 2 radical (unpaired) electrons. The second-order valence-electron chi connectivity index (χ2n) is 0. The SMILES string of the molecule is C.C.[CH3-].[CH3-].[CH3-].[Y].[Y]. The van der Waals surface area contributed by atoms with E-state index in [0.29, 0.717) is 0 Å². The quantitative estimate of drug-likeness (QED) is 0.583. The molecule has 0 aromatic heterocycles. The Bertz CT molecular complexity index is 6.04. The predicted octanol–water partition coefficient (Wildman–Crippen LogP) is 2.62.